The third-order valence-corrected chi connectivity index (χ3v) is 6.14. The number of para-hydroxylation sites is 1. The first kappa shape index (κ1) is 15.7. The predicted molar refractivity (Wildman–Crippen MR) is 96.9 cm³/mol. The highest BCUT2D eigenvalue weighted by molar-refractivity contribution is 7.22. The normalized spacial score (nSPS) is 21.8. The Hall–Kier alpha value is -1.82. The second kappa shape index (κ2) is 6.24. The average Bonchev–Trinajstić information content (AvgIpc) is 2.96. The molecule has 1 atom stereocenters. The number of piperidine rings is 1. The summed E-state index contributed by atoms with van der Waals surface area (Å²) < 4.78 is 6.51. The first-order valence-electron chi connectivity index (χ1n) is 8.63. The van der Waals surface area contributed by atoms with Crippen LogP contribution in [0.4, 0.5) is 5.13 Å². The van der Waals surface area contributed by atoms with Gasteiger partial charge in [-0.05, 0) is 30.9 Å². The fourth-order valence-electron chi connectivity index (χ4n) is 3.65. The molecule has 0 spiro atoms. The third kappa shape index (κ3) is 2.73. The summed E-state index contributed by atoms with van der Waals surface area (Å²) in [6.45, 7) is 5.66. The topological polar surface area (TPSA) is 45.7 Å². The van der Waals surface area contributed by atoms with E-state index in [9.17, 15) is 4.79 Å². The van der Waals surface area contributed by atoms with Gasteiger partial charge >= 0.3 is 0 Å². The van der Waals surface area contributed by atoms with Crippen molar-refractivity contribution in [3.63, 3.8) is 0 Å². The average molecular weight is 345 g/mol. The Kier molecular flexibility index (Phi) is 4.08. The van der Waals surface area contributed by atoms with Gasteiger partial charge in [0.2, 0.25) is 5.91 Å². The molecule has 1 amide bonds. The number of hydrogen-bond acceptors (Lipinski definition) is 5. The number of hydrogen-bond donors (Lipinski definition) is 0. The van der Waals surface area contributed by atoms with Crippen molar-refractivity contribution in [1.82, 2.24) is 9.88 Å². The van der Waals surface area contributed by atoms with Gasteiger partial charge in [0, 0.05) is 26.2 Å². The van der Waals surface area contributed by atoms with E-state index in [1.54, 1.807) is 18.4 Å². The van der Waals surface area contributed by atoms with Crippen LogP contribution in [0, 0.1) is 11.8 Å². The molecule has 2 saturated heterocycles. The van der Waals surface area contributed by atoms with Crippen LogP contribution < -0.4 is 9.64 Å². The van der Waals surface area contributed by atoms with Crippen LogP contribution >= 0.6 is 11.3 Å². The van der Waals surface area contributed by atoms with Crippen molar-refractivity contribution in [2.24, 2.45) is 11.8 Å². The third-order valence-electron chi connectivity index (χ3n) is 5.06. The van der Waals surface area contributed by atoms with Crippen LogP contribution in [0.15, 0.2) is 18.2 Å². The van der Waals surface area contributed by atoms with Crippen LogP contribution in [0.1, 0.15) is 19.8 Å². The second-order valence-corrected chi connectivity index (χ2v) is 7.95. The number of fused-ring (bicyclic) bond motifs is 1. The van der Waals surface area contributed by atoms with Gasteiger partial charge < -0.3 is 14.5 Å². The monoisotopic (exact) mass is 345 g/mol. The molecule has 24 heavy (non-hydrogen) atoms. The predicted octanol–water partition coefficient (Wildman–Crippen LogP) is 3.00. The molecular formula is C18H23N3O2S. The van der Waals surface area contributed by atoms with Gasteiger partial charge in [0.15, 0.2) is 5.13 Å². The Morgan fingerprint density at radius 1 is 1.33 bits per heavy atom. The van der Waals surface area contributed by atoms with Crippen LogP contribution in [0.5, 0.6) is 5.75 Å². The maximum atomic E-state index is 12.6. The molecule has 0 bridgehead atoms. The minimum atomic E-state index is 0.129. The molecule has 5 nitrogen and oxygen atoms in total. The van der Waals surface area contributed by atoms with Crippen molar-refractivity contribution in [2.75, 3.05) is 38.2 Å². The maximum absolute atomic E-state index is 12.6. The maximum Gasteiger partial charge on any atom is 0.229 e. The highest BCUT2D eigenvalue weighted by Crippen LogP contribution is 2.37. The number of carbonyl (C=O) groups excluding carboxylic acids is 1. The quantitative estimate of drug-likeness (QED) is 0.858. The Balaban J connectivity index is 1.43. The van der Waals surface area contributed by atoms with Gasteiger partial charge in [0.1, 0.15) is 11.3 Å². The number of ether oxygens (including phenoxy) is 1. The van der Waals surface area contributed by atoms with E-state index in [-0.39, 0.29) is 5.92 Å². The number of aromatic nitrogens is 1. The standard InChI is InChI=1S/C18H23N3O2S/c1-12-5-4-8-20(9-12)17(22)13-10-21(11-13)18-19-16-14(23-2)6-3-7-15(16)24-18/h3,6-7,12-13H,4-5,8-11H2,1-2H3. The van der Waals surface area contributed by atoms with Crippen LogP contribution in [-0.2, 0) is 4.79 Å². The van der Waals surface area contributed by atoms with E-state index in [0.29, 0.717) is 11.8 Å². The smallest absolute Gasteiger partial charge is 0.229 e. The molecule has 4 rings (SSSR count). The molecule has 128 valence electrons. The van der Waals surface area contributed by atoms with Crippen LogP contribution in [0.3, 0.4) is 0 Å². The van der Waals surface area contributed by atoms with E-state index < -0.39 is 0 Å². The molecule has 2 aliphatic rings. The molecule has 0 aliphatic carbocycles. The van der Waals surface area contributed by atoms with Gasteiger partial charge in [-0.2, -0.15) is 0 Å². The first-order valence-corrected chi connectivity index (χ1v) is 9.44. The summed E-state index contributed by atoms with van der Waals surface area (Å²) in [5.74, 6) is 1.90. The molecule has 2 aromatic rings. The molecule has 1 aromatic heterocycles. The fraction of sp³-hybridized carbons (Fsp3) is 0.556. The number of benzene rings is 1. The number of nitrogens with zero attached hydrogens (tertiary/aromatic N) is 3. The Bertz CT molecular complexity index is 754. The van der Waals surface area contributed by atoms with E-state index in [1.807, 2.05) is 12.1 Å². The fourth-order valence-corrected chi connectivity index (χ4v) is 4.65. The summed E-state index contributed by atoms with van der Waals surface area (Å²) in [5.41, 5.74) is 0.916. The molecule has 3 heterocycles. The summed E-state index contributed by atoms with van der Waals surface area (Å²) in [6, 6.07) is 5.99. The zero-order valence-corrected chi connectivity index (χ0v) is 15.0. The number of rotatable bonds is 3. The molecule has 0 N–H and O–H groups in total. The van der Waals surface area contributed by atoms with Crippen molar-refractivity contribution in [3.05, 3.63) is 18.2 Å². The Morgan fingerprint density at radius 3 is 2.92 bits per heavy atom. The molecule has 2 aliphatic heterocycles. The zero-order chi connectivity index (χ0) is 16.7. The van der Waals surface area contributed by atoms with Crippen LogP contribution in [-0.4, -0.2) is 49.1 Å². The largest absolute Gasteiger partial charge is 0.494 e. The lowest BCUT2D eigenvalue weighted by Crippen LogP contribution is -2.56. The number of methoxy groups -OCH3 is 1. The van der Waals surface area contributed by atoms with Gasteiger partial charge in [-0.1, -0.05) is 24.3 Å². The van der Waals surface area contributed by atoms with Crippen molar-refractivity contribution < 1.29 is 9.53 Å². The first-order chi connectivity index (χ1) is 11.7. The number of thiazole rings is 1. The number of carbonyl (C=O) groups is 1. The highest BCUT2D eigenvalue weighted by Gasteiger charge is 2.37. The molecule has 1 unspecified atom stereocenters. The van der Waals surface area contributed by atoms with E-state index in [2.05, 4.69) is 22.8 Å². The summed E-state index contributed by atoms with van der Waals surface area (Å²) in [6.07, 6.45) is 2.38. The minimum absolute atomic E-state index is 0.129. The highest BCUT2D eigenvalue weighted by atomic mass is 32.1. The number of amides is 1. The summed E-state index contributed by atoms with van der Waals surface area (Å²) in [4.78, 5) is 21.6. The molecule has 1 aromatic carbocycles. The Morgan fingerprint density at radius 2 is 2.17 bits per heavy atom. The lowest BCUT2D eigenvalue weighted by Gasteiger charge is -2.42. The molecule has 0 radical (unpaired) electrons. The van der Waals surface area contributed by atoms with E-state index >= 15 is 0 Å². The lowest BCUT2D eigenvalue weighted by molar-refractivity contribution is -0.138. The molecule has 6 heteroatoms. The zero-order valence-electron chi connectivity index (χ0n) is 14.2. The molecular weight excluding hydrogens is 322 g/mol. The van der Waals surface area contributed by atoms with Crippen molar-refractivity contribution in [2.45, 2.75) is 19.8 Å². The summed E-state index contributed by atoms with van der Waals surface area (Å²) in [7, 11) is 1.67. The lowest BCUT2D eigenvalue weighted by atomic mass is 9.95. The number of anilines is 1. The van der Waals surface area contributed by atoms with Gasteiger partial charge in [-0.25, -0.2) is 4.98 Å². The molecule has 2 fully saturated rings. The van der Waals surface area contributed by atoms with E-state index in [4.69, 9.17) is 9.72 Å². The van der Waals surface area contributed by atoms with Crippen molar-refractivity contribution in [1.29, 1.82) is 0 Å². The van der Waals surface area contributed by atoms with Gasteiger partial charge in [0.25, 0.3) is 0 Å². The second-order valence-electron chi connectivity index (χ2n) is 6.94. The summed E-state index contributed by atoms with van der Waals surface area (Å²) >= 11 is 1.67. The van der Waals surface area contributed by atoms with Gasteiger partial charge in [-0.15, -0.1) is 0 Å². The van der Waals surface area contributed by atoms with Crippen LogP contribution in [0.2, 0.25) is 0 Å². The van der Waals surface area contributed by atoms with Gasteiger partial charge in [-0.3, -0.25) is 4.79 Å². The van der Waals surface area contributed by atoms with Crippen molar-refractivity contribution in [3.8, 4) is 5.75 Å². The van der Waals surface area contributed by atoms with Crippen molar-refractivity contribution >= 4 is 32.6 Å². The Labute approximate surface area is 146 Å². The number of likely N-dealkylation sites (tertiary alicyclic amines) is 1. The van der Waals surface area contributed by atoms with E-state index in [1.165, 1.54) is 6.42 Å². The summed E-state index contributed by atoms with van der Waals surface area (Å²) in [5, 5.41) is 0.991. The van der Waals surface area contributed by atoms with Crippen LogP contribution in [0.25, 0.3) is 10.2 Å². The SMILES string of the molecule is COc1cccc2sc(N3CC(C(=O)N4CCCC(C)C4)C3)nc12. The van der Waals surface area contributed by atoms with Gasteiger partial charge in [0.05, 0.1) is 17.7 Å². The minimum Gasteiger partial charge on any atom is -0.494 e. The molecule has 0 saturated carbocycles. The van der Waals surface area contributed by atoms with E-state index in [0.717, 1.165) is 53.7 Å².